The molecule has 1 aliphatic heterocycles. The molecule has 136 valence electrons. The van der Waals surface area contributed by atoms with Crippen LogP contribution in [0.4, 0.5) is 11.6 Å². The van der Waals surface area contributed by atoms with Crippen LogP contribution in [0, 0.1) is 0 Å². The normalized spacial score (nSPS) is 19.2. The summed E-state index contributed by atoms with van der Waals surface area (Å²) < 4.78 is 21.3. The number of rotatable bonds is 3. The number of pyridine rings is 1. The highest BCUT2D eigenvalue weighted by Gasteiger charge is 2.22. The Labute approximate surface area is 152 Å². The lowest BCUT2D eigenvalue weighted by atomic mass is 10.1. The van der Waals surface area contributed by atoms with E-state index in [4.69, 9.17) is 9.72 Å². The van der Waals surface area contributed by atoms with Crippen LogP contribution in [0.25, 0.3) is 22.4 Å². The second-order valence-corrected chi connectivity index (χ2v) is 7.17. The number of nitrogens with one attached hydrogen (secondary N) is 1. The van der Waals surface area contributed by atoms with Crippen molar-refractivity contribution in [2.75, 3.05) is 30.9 Å². The van der Waals surface area contributed by atoms with Gasteiger partial charge in [-0.15, -0.1) is 6.26 Å². The minimum absolute atomic E-state index is 0.191. The monoisotopic (exact) mass is 371 g/mol. The van der Waals surface area contributed by atoms with Crippen molar-refractivity contribution in [1.82, 2.24) is 19.9 Å². The molecule has 0 bridgehead atoms. The molecular weight excluding hydrogens is 352 g/mol. The van der Waals surface area contributed by atoms with Crippen LogP contribution in [-0.2, 0) is 19.5 Å². The van der Waals surface area contributed by atoms with Crippen LogP contribution in [0.2, 0.25) is 0 Å². The number of ether oxygens (including phenoxy) is 1. The first kappa shape index (κ1) is 16.9. The van der Waals surface area contributed by atoms with Crippen molar-refractivity contribution in [1.29, 1.82) is 0 Å². The molecule has 1 aliphatic rings. The minimum atomic E-state index is -1.35. The van der Waals surface area contributed by atoms with Crippen LogP contribution in [-0.4, -0.2) is 52.0 Å². The zero-order chi connectivity index (χ0) is 18.1. The molecule has 0 aliphatic carbocycles. The third kappa shape index (κ3) is 3.27. The lowest BCUT2D eigenvalue weighted by molar-refractivity contribution is 0.0985. The van der Waals surface area contributed by atoms with Gasteiger partial charge in [-0.1, -0.05) is 0 Å². The summed E-state index contributed by atoms with van der Waals surface area (Å²) in [5.41, 5.74) is 1.63. The fourth-order valence-corrected chi connectivity index (χ4v) is 3.45. The van der Waals surface area contributed by atoms with Crippen molar-refractivity contribution in [3.8, 4) is 11.4 Å². The minimum Gasteiger partial charge on any atom is -0.444 e. The predicted molar refractivity (Wildman–Crippen MR) is 101 cm³/mol. The van der Waals surface area contributed by atoms with Crippen molar-refractivity contribution in [2.45, 2.75) is 13.0 Å². The van der Waals surface area contributed by atoms with Gasteiger partial charge in [0.15, 0.2) is 5.82 Å². The molecule has 3 aromatic heterocycles. The van der Waals surface area contributed by atoms with Crippen LogP contribution >= 0.6 is 0 Å². The summed E-state index contributed by atoms with van der Waals surface area (Å²) in [5.74, 6) is 1.71. The number of anilines is 1. The van der Waals surface area contributed by atoms with Crippen LogP contribution in [0.3, 0.4) is 0 Å². The molecular formula is C17H19N6O2S-. The molecule has 9 heteroatoms. The van der Waals surface area contributed by atoms with E-state index < -0.39 is 10.6 Å². The Hall–Kier alpha value is -2.52. The summed E-state index contributed by atoms with van der Waals surface area (Å²) in [5, 5.41) is 0.934. The fraction of sp³-hybridized carbons (Fsp3) is 0.353. The smallest absolute Gasteiger partial charge is 0.164 e. The van der Waals surface area contributed by atoms with Gasteiger partial charge in [0.1, 0.15) is 17.3 Å². The number of H-pyrrole nitrogens is 1. The van der Waals surface area contributed by atoms with E-state index in [1.807, 2.05) is 18.3 Å². The maximum absolute atomic E-state index is 11.6. The number of aromatic amines is 1. The second kappa shape index (κ2) is 7.00. The first-order valence-electron chi connectivity index (χ1n) is 8.33. The van der Waals surface area contributed by atoms with Crippen LogP contribution < -0.4 is 4.90 Å². The third-order valence-electron chi connectivity index (χ3n) is 4.28. The molecule has 1 saturated heterocycles. The maximum Gasteiger partial charge on any atom is 0.164 e. The Morgan fingerprint density at radius 2 is 2.27 bits per heavy atom. The molecule has 0 radical (unpaired) electrons. The summed E-state index contributed by atoms with van der Waals surface area (Å²) in [7, 11) is -1.35. The summed E-state index contributed by atoms with van der Waals surface area (Å²) in [6, 6.07) is 5.79. The van der Waals surface area contributed by atoms with Gasteiger partial charge in [0, 0.05) is 36.0 Å². The van der Waals surface area contributed by atoms with Gasteiger partial charge in [0.05, 0.1) is 19.3 Å². The van der Waals surface area contributed by atoms with Gasteiger partial charge in [-0.2, -0.15) is 10.6 Å². The number of fused-ring (bicyclic) bond motifs is 1. The zero-order valence-corrected chi connectivity index (χ0v) is 15.4. The van der Waals surface area contributed by atoms with Gasteiger partial charge in [-0.3, -0.25) is 0 Å². The van der Waals surface area contributed by atoms with Gasteiger partial charge in [-0.25, -0.2) is 15.0 Å². The highest BCUT2D eigenvalue weighted by atomic mass is 32.2. The van der Waals surface area contributed by atoms with E-state index in [1.54, 1.807) is 12.3 Å². The SMILES string of the molecule is C[C@@H]1COCCN1c1cc(N=[S-](C)=O)nc(-c2ccnc3[nH]ccc23)n1. The molecule has 0 spiro atoms. The maximum atomic E-state index is 11.6. The Morgan fingerprint density at radius 3 is 3.08 bits per heavy atom. The largest absolute Gasteiger partial charge is 0.444 e. The number of nitrogens with zero attached hydrogens (tertiary/aromatic N) is 5. The van der Waals surface area contributed by atoms with Gasteiger partial charge >= 0.3 is 0 Å². The Bertz CT molecular complexity index is 1030. The molecule has 1 fully saturated rings. The van der Waals surface area contributed by atoms with E-state index in [0.29, 0.717) is 24.9 Å². The number of hydrogen-bond acceptors (Lipinski definition) is 8. The van der Waals surface area contributed by atoms with E-state index in [0.717, 1.165) is 29.0 Å². The lowest BCUT2D eigenvalue weighted by Gasteiger charge is -2.34. The van der Waals surface area contributed by atoms with Crippen LogP contribution in [0.5, 0.6) is 0 Å². The quantitative estimate of drug-likeness (QED) is 0.711. The van der Waals surface area contributed by atoms with Gasteiger partial charge in [0.2, 0.25) is 0 Å². The Kier molecular flexibility index (Phi) is 4.56. The first-order chi connectivity index (χ1) is 12.6. The molecule has 3 aromatic rings. The molecule has 4 heterocycles. The Morgan fingerprint density at radius 1 is 1.38 bits per heavy atom. The van der Waals surface area contributed by atoms with Crippen LogP contribution in [0.1, 0.15) is 6.92 Å². The summed E-state index contributed by atoms with van der Waals surface area (Å²) in [6.45, 7) is 4.12. The van der Waals surface area contributed by atoms with Crippen molar-refractivity contribution in [3.05, 3.63) is 30.6 Å². The number of hydrogen-bond donors (Lipinski definition) is 1. The standard InChI is InChI=1S/C17H19N6O2S/c1-11-10-25-8-7-23(11)15-9-14(22-26(2)24)20-17(21-15)13-4-6-19-16-12(13)3-5-18-16/h3-6,9,11H,7-8,10H2,1-2H3,(H,18,19)/q-1/t11-/m1/s1. The van der Waals surface area contributed by atoms with Crippen LogP contribution in [0.15, 0.2) is 35.0 Å². The van der Waals surface area contributed by atoms with E-state index in [-0.39, 0.29) is 6.04 Å². The van der Waals surface area contributed by atoms with Gasteiger partial charge < -0.3 is 23.2 Å². The summed E-state index contributed by atoms with van der Waals surface area (Å²) in [6.07, 6.45) is 5.08. The molecule has 8 nitrogen and oxygen atoms in total. The number of morpholine rings is 1. The van der Waals surface area contributed by atoms with E-state index in [1.165, 1.54) is 6.26 Å². The van der Waals surface area contributed by atoms with Gasteiger partial charge in [0.25, 0.3) is 0 Å². The molecule has 0 amide bonds. The van der Waals surface area contributed by atoms with Crippen molar-refractivity contribution in [2.24, 2.45) is 4.36 Å². The molecule has 0 saturated carbocycles. The average Bonchev–Trinajstić information content (AvgIpc) is 3.10. The van der Waals surface area contributed by atoms with E-state index in [2.05, 4.69) is 31.1 Å². The van der Waals surface area contributed by atoms with Crippen molar-refractivity contribution >= 4 is 33.3 Å². The van der Waals surface area contributed by atoms with Crippen molar-refractivity contribution in [3.63, 3.8) is 0 Å². The lowest BCUT2D eigenvalue weighted by Crippen LogP contribution is -2.44. The molecule has 26 heavy (non-hydrogen) atoms. The molecule has 4 rings (SSSR count). The third-order valence-corrected chi connectivity index (χ3v) is 4.73. The van der Waals surface area contributed by atoms with E-state index in [9.17, 15) is 4.21 Å². The summed E-state index contributed by atoms with van der Waals surface area (Å²) >= 11 is 0. The second-order valence-electron chi connectivity index (χ2n) is 6.14. The molecule has 0 aromatic carbocycles. The highest BCUT2D eigenvalue weighted by molar-refractivity contribution is 7.74. The molecule has 1 atom stereocenters. The fourth-order valence-electron chi connectivity index (χ4n) is 3.09. The van der Waals surface area contributed by atoms with Gasteiger partial charge in [-0.05, 0) is 19.1 Å². The highest BCUT2D eigenvalue weighted by Crippen LogP contribution is 2.29. The predicted octanol–water partition coefficient (Wildman–Crippen LogP) is 2.65. The Balaban J connectivity index is 1.88. The topological polar surface area (TPSA) is 96.4 Å². The summed E-state index contributed by atoms with van der Waals surface area (Å²) in [4.78, 5) is 18.9. The zero-order valence-electron chi connectivity index (χ0n) is 14.5. The average molecular weight is 371 g/mol. The molecule has 1 N–H and O–H groups in total. The molecule has 0 unspecified atom stereocenters. The van der Waals surface area contributed by atoms with Crippen molar-refractivity contribution < 1.29 is 8.95 Å². The number of aromatic nitrogens is 4. The first-order valence-corrected chi connectivity index (χ1v) is 9.84. The van der Waals surface area contributed by atoms with E-state index >= 15 is 0 Å².